The first-order chi connectivity index (χ1) is 27.8. The molecule has 0 aromatic heterocycles. The SMILES string of the molecule is C=CCCCCCCCCC(=O)OCC(COC(=O)C=CCCCCCCCC)(COC(=O)C=CCCCCCCCC)COC(=O)CCCCCCCCC=C. The summed E-state index contributed by atoms with van der Waals surface area (Å²) >= 11 is 0. The lowest BCUT2D eigenvalue weighted by Crippen LogP contribution is -2.43. The molecule has 0 spiro atoms. The average Bonchev–Trinajstić information content (AvgIpc) is 3.21. The molecule has 0 aromatic carbocycles. The zero-order chi connectivity index (χ0) is 41.9. The molecule has 0 N–H and O–H groups in total. The highest BCUT2D eigenvalue weighted by Crippen LogP contribution is 2.23. The summed E-state index contributed by atoms with van der Waals surface area (Å²) in [6, 6.07) is 0. The number of unbranched alkanes of at least 4 members (excludes halogenated alkanes) is 24. The number of carbonyl (C=O) groups is 4. The van der Waals surface area contributed by atoms with Crippen LogP contribution in [0.25, 0.3) is 0 Å². The van der Waals surface area contributed by atoms with Gasteiger partial charge in [0.15, 0.2) is 0 Å². The summed E-state index contributed by atoms with van der Waals surface area (Å²) in [7, 11) is 0. The van der Waals surface area contributed by atoms with E-state index in [-0.39, 0.29) is 51.2 Å². The van der Waals surface area contributed by atoms with Crippen LogP contribution >= 0.6 is 0 Å². The van der Waals surface area contributed by atoms with Crippen molar-refractivity contribution in [3.63, 3.8) is 0 Å². The molecule has 328 valence electrons. The largest absolute Gasteiger partial charge is 0.465 e. The Morgan fingerprint density at radius 1 is 0.404 bits per heavy atom. The Morgan fingerprint density at radius 2 is 0.702 bits per heavy atom. The Bertz CT molecular complexity index is 993. The average molecular weight is 801 g/mol. The van der Waals surface area contributed by atoms with Gasteiger partial charge in [0.2, 0.25) is 0 Å². The summed E-state index contributed by atoms with van der Waals surface area (Å²) in [5.74, 6) is -1.87. The molecule has 0 aliphatic rings. The monoisotopic (exact) mass is 801 g/mol. The van der Waals surface area contributed by atoms with Crippen molar-refractivity contribution in [3.8, 4) is 0 Å². The van der Waals surface area contributed by atoms with Crippen molar-refractivity contribution in [3.05, 3.63) is 49.6 Å². The van der Waals surface area contributed by atoms with Gasteiger partial charge in [-0.3, -0.25) is 9.59 Å². The minimum absolute atomic E-state index is 0.227. The fourth-order valence-corrected chi connectivity index (χ4v) is 6.38. The van der Waals surface area contributed by atoms with Crippen molar-refractivity contribution in [1.29, 1.82) is 0 Å². The van der Waals surface area contributed by atoms with Crippen molar-refractivity contribution in [2.45, 2.75) is 206 Å². The highest BCUT2D eigenvalue weighted by molar-refractivity contribution is 5.82. The Kier molecular flexibility index (Phi) is 38.7. The van der Waals surface area contributed by atoms with E-state index in [0.717, 1.165) is 116 Å². The maximum Gasteiger partial charge on any atom is 0.330 e. The molecular weight excluding hydrogens is 717 g/mol. The van der Waals surface area contributed by atoms with Crippen molar-refractivity contribution in [2.24, 2.45) is 5.41 Å². The van der Waals surface area contributed by atoms with Crippen LogP contribution in [0.1, 0.15) is 206 Å². The minimum Gasteiger partial charge on any atom is -0.465 e. The van der Waals surface area contributed by atoms with Crippen LogP contribution in [0.3, 0.4) is 0 Å². The summed E-state index contributed by atoms with van der Waals surface area (Å²) in [6.07, 6.45) is 40.5. The number of allylic oxidation sites excluding steroid dienone is 4. The second kappa shape index (κ2) is 41.0. The van der Waals surface area contributed by atoms with E-state index in [9.17, 15) is 19.2 Å². The molecule has 0 aromatic rings. The molecule has 8 nitrogen and oxygen atoms in total. The van der Waals surface area contributed by atoms with Crippen molar-refractivity contribution in [2.75, 3.05) is 26.4 Å². The molecule has 0 saturated carbocycles. The second-order valence-corrected chi connectivity index (χ2v) is 15.9. The summed E-state index contributed by atoms with van der Waals surface area (Å²) in [5, 5.41) is 0. The Labute approximate surface area is 349 Å². The molecule has 0 aliphatic heterocycles. The number of rotatable bonds is 42. The molecule has 0 radical (unpaired) electrons. The number of carbonyl (C=O) groups excluding carboxylic acids is 4. The molecular formula is C49H84O8. The van der Waals surface area contributed by atoms with Crippen LogP contribution < -0.4 is 0 Å². The topological polar surface area (TPSA) is 105 Å². The molecule has 0 heterocycles. The highest BCUT2D eigenvalue weighted by Gasteiger charge is 2.37. The van der Waals surface area contributed by atoms with E-state index in [0.29, 0.717) is 12.8 Å². The van der Waals surface area contributed by atoms with Gasteiger partial charge in [-0.1, -0.05) is 154 Å². The fraction of sp³-hybridized carbons (Fsp3) is 0.755. The zero-order valence-electron chi connectivity index (χ0n) is 36.7. The van der Waals surface area contributed by atoms with E-state index >= 15 is 0 Å². The van der Waals surface area contributed by atoms with Gasteiger partial charge in [-0.15, -0.1) is 13.2 Å². The van der Waals surface area contributed by atoms with Gasteiger partial charge in [0.1, 0.15) is 31.8 Å². The summed E-state index contributed by atoms with van der Waals surface area (Å²) < 4.78 is 22.9. The molecule has 0 amide bonds. The third-order valence-electron chi connectivity index (χ3n) is 10.2. The van der Waals surface area contributed by atoms with Crippen molar-refractivity contribution < 1.29 is 38.1 Å². The van der Waals surface area contributed by atoms with E-state index in [1.165, 1.54) is 63.5 Å². The minimum atomic E-state index is -1.27. The van der Waals surface area contributed by atoms with Gasteiger partial charge in [-0.05, 0) is 64.2 Å². The normalized spacial score (nSPS) is 11.5. The van der Waals surface area contributed by atoms with Crippen LogP contribution in [-0.2, 0) is 38.1 Å². The lowest BCUT2D eigenvalue weighted by Gasteiger charge is -2.31. The van der Waals surface area contributed by atoms with Gasteiger partial charge in [0, 0.05) is 25.0 Å². The number of hydrogen-bond donors (Lipinski definition) is 0. The molecule has 0 fully saturated rings. The number of hydrogen-bond acceptors (Lipinski definition) is 8. The molecule has 0 unspecified atom stereocenters. The van der Waals surface area contributed by atoms with Gasteiger partial charge in [-0.25, -0.2) is 9.59 Å². The molecule has 8 heteroatoms. The molecule has 57 heavy (non-hydrogen) atoms. The predicted molar refractivity (Wildman–Crippen MR) is 235 cm³/mol. The summed E-state index contributed by atoms with van der Waals surface area (Å²) in [4.78, 5) is 51.7. The first-order valence-electron chi connectivity index (χ1n) is 23.0. The summed E-state index contributed by atoms with van der Waals surface area (Å²) in [5.41, 5.74) is -1.27. The first-order valence-corrected chi connectivity index (χ1v) is 23.0. The van der Waals surface area contributed by atoms with Gasteiger partial charge < -0.3 is 18.9 Å². The van der Waals surface area contributed by atoms with Gasteiger partial charge in [0.05, 0.1) is 0 Å². The van der Waals surface area contributed by atoms with Crippen LogP contribution in [0.4, 0.5) is 0 Å². The van der Waals surface area contributed by atoms with Crippen LogP contribution in [0.2, 0.25) is 0 Å². The van der Waals surface area contributed by atoms with E-state index in [1.807, 2.05) is 24.3 Å². The third kappa shape index (κ3) is 36.9. The fourth-order valence-electron chi connectivity index (χ4n) is 6.38. The first kappa shape index (κ1) is 53.8. The Balaban J connectivity index is 5.61. The smallest absolute Gasteiger partial charge is 0.330 e. The van der Waals surface area contributed by atoms with Gasteiger partial charge >= 0.3 is 23.9 Å². The van der Waals surface area contributed by atoms with Crippen LogP contribution in [0, 0.1) is 5.41 Å². The van der Waals surface area contributed by atoms with E-state index in [4.69, 9.17) is 18.9 Å². The Hall–Kier alpha value is -3.16. The number of ether oxygens (including phenoxy) is 4. The summed E-state index contributed by atoms with van der Waals surface area (Å²) in [6.45, 7) is 11.0. The van der Waals surface area contributed by atoms with E-state index in [1.54, 1.807) is 0 Å². The molecule has 0 bridgehead atoms. The lowest BCUT2D eigenvalue weighted by atomic mass is 9.92. The quantitative estimate of drug-likeness (QED) is 0.0198. The van der Waals surface area contributed by atoms with Crippen LogP contribution in [0.5, 0.6) is 0 Å². The molecule has 0 atom stereocenters. The maximum absolute atomic E-state index is 13.0. The molecule has 0 aliphatic carbocycles. The lowest BCUT2D eigenvalue weighted by molar-refractivity contribution is -0.167. The predicted octanol–water partition coefficient (Wildman–Crippen LogP) is 13.4. The van der Waals surface area contributed by atoms with Crippen molar-refractivity contribution >= 4 is 23.9 Å². The van der Waals surface area contributed by atoms with Crippen LogP contribution in [0.15, 0.2) is 49.6 Å². The maximum atomic E-state index is 13.0. The zero-order valence-corrected chi connectivity index (χ0v) is 36.7. The van der Waals surface area contributed by atoms with E-state index in [2.05, 4.69) is 27.0 Å². The van der Waals surface area contributed by atoms with E-state index < -0.39 is 17.4 Å². The second-order valence-electron chi connectivity index (χ2n) is 15.9. The van der Waals surface area contributed by atoms with Crippen molar-refractivity contribution in [1.82, 2.24) is 0 Å². The van der Waals surface area contributed by atoms with Gasteiger partial charge in [0.25, 0.3) is 0 Å². The van der Waals surface area contributed by atoms with Crippen LogP contribution in [-0.4, -0.2) is 50.3 Å². The molecule has 0 rings (SSSR count). The Morgan fingerprint density at radius 3 is 1.05 bits per heavy atom. The number of esters is 4. The molecule has 0 saturated heterocycles. The third-order valence-corrected chi connectivity index (χ3v) is 10.2. The highest BCUT2D eigenvalue weighted by atomic mass is 16.6. The standard InChI is InChI=1S/C49H84O8/c1-5-9-13-17-21-25-29-33-37-45(50)54-41-49(42-55-46(51)38-34-30-26-22-18-14-10-6-2,43-56-47(52)39-35-31-27-23-19-15-11-7-3)44-57-48(53)40-36-32-28-24-20-16-12-8-4/h5-6,35-36,39-40H,1-2,7-34,37-38,41-44H2,3-4H3. The van der Waals surface area contributed by atoms with Gasteiger partial charge in [-0.2, -0.15) is 0 Å².